The predicted molar refractivity (Wildman–Crippen MR) is 133 cm³/mol. The summed E-state index contributed by atoms with van der Waals surface area (Å²) in [5, 5.41) is 0.678. The summed E-state index contributed by atoms with van der Waals surface area (Å²) >= 11 is 7.68. The van der Waals surface area contributed by atoms with Crippen LogP contribution in [0.15, 0.2) is 91.1 Å². The fourth-order valence-corrected chi connectivity index (χ4v) is 4.62. The Bertz CT molecular complexity index is 1430. The van der Waals surface area contributed by atoms with Crippen molar-refractivity contribution in [3.8, 4) is 22.4 Å². The van der Waals surface area contributed by atoms with Crippen LogP contribution in [0.4, 0.5) is 0 Å². The summed E-state index contributed by atoms with van der Waals surface area (Å²) in [5.41, 5.74) is 5.53. The number of halogens is 1. The minimum atomic E-state index is -0.0476. The first kappa shape index (κ1) is 20.4. The molecule has 0 saturated heterocycles. The second kappa shape index (κ2) is 8.58. The summed E-state index contributed by atoms with van der Waals surface area (Å²) in [4.78, 5) is 19.8. The Hall–Kier alpha value is -3.47. The van der Waals surface area contributed by atoms with E-state index in [0.29, 0.717) is 10.6 Å². The van der Waals surface area contributed by atoms with E-state index < -0.39 is 0 Å². The average Bonchev–Trinajstić information content (AvgIpc) is 3.34. The number of ketones is 1. The average molecular weight is 455 g/mol. The first-order valence-electron chi connectivity index (χ1n) is 10.2. The number of thiazole rings is 1. The summed E-state index contributed by atoms with van der Waals surface area (Å²) in [6.45, 7) is 2.05. The van der Waals surface area contributed by atoms with Crippen molar-refractivity contribution in [3.63, 3.8) is 0 Å². The van der Waals surface area contributed by atoms with Gasteiger partial charge in [0.05, 0.1) is 11.4 Å². The lowest BCUT2D eigenvalue weighted by atomic mass is 10.0. The third kappa shape index (κ3) is 4.03. The Morgan fingerprint density at radius 1 is 0.906 bits per heavy atom. The fraction of sp³-hybridized carbons (Fsp3) is 0.0370. The lowest BCUT2D eigenvalue weighted by molar-refractivity contribution is 0.104. The molecule has 2 aromatic heterocycles. The van der Waals surface area contributed by atoms with Crippen LogP contribution in [0.2, 0.25) is 5.02 Å². The van der Waals surface area contributed by atoms with Gasteiger partial charge in [-0.1, -0.05) is 78.3 Å². The highest BCUT2D eigenvalue weighted by molar-refractivity contribution is 7.17. The number of aromatic nitrogens is 2. The number of benzene rings is 3. The van der Waals surface area contributed by atoms with Gasteiger partial charge in [0.2, 0.25) is 0 Å². The number of rotatable bonds is 5. The zero-order chi connectivity index (χ0) is 22.1. The van der Waals surface area contributed by atoms with E-state index in [0.717, 1.165) is 37.9 Å². The minimum absolute atomic E-state index is 0.0476. The van der Waals surface area contributed by atoms with Crippen molar-refractivity contribution in [3.05, 3.63) is 112 Å². The Kier molecular flexibility index (Phi) is 5.48. The third-order valence-corrected chi connectivity index (χ3v) is 6.42. The molecule has 0 amide bonds. The Balaban J connectivity index is 1.47. The van der Waals surface area contributed by atoms with Gasteiger partial charge in [0, 0.05) is 27.2 Å². The summed E-state index contributed by atoms with van der Waals surface area (Å²) in [7, 11) is 0. The number of carbonyl (C=O) groups excluding carboxylic acids is 1. The van der Waals surface area contributed by atoms with Gasteiger partial charge in [-0.15, -0.1) is 11.3 Å². The first-order valence-corrected chi connectivity index (χ1v) is 11.4. The van der Waals surface area contributed by atoms with E-state index in [4.69, 9.17) is 16.6 Å². The lowest BCUT2D eigenvalue weighted by Gasteiger charge is -2.03. The highest BCUT2D eigenvalue weighted by Gasteiger charge is 2.14. The summed E-state index contributed by atoms with van der Waals surface area (Å²) in [6, 6.07) is 25.4. The summed E-state index contributed by atoms with van der Waals surface area (Å²) < 4.78 is 2.03. The van der Waals surface area contributed by atoms with Crippen molar-refractivity contribution in [1.29, 1.82) is 0 Å². The van der Waals surface area contributed by atoms with Gasteiger partial charge in [0.15, 0.2) is 10.7 Å². The van der Waals surface area contributed by atoms with Crippen molar-refractivity contribution in [2.45, 2.75) is 6.92 Å². The number of hydrogen-bond donors (Lipinski definition) is 0. The minimum Gasteiger partial charge on any atom is -0.290 e. The molecule has 0 atom stereocenters. The Morgan fingerprint density at radius 2 is 1.56 bits per heavy atom. The molecule has 0 bridgehead atoms. The number of hydrogen-bond acceptors (Lipinski definition) is 3. The molecule has 5 rings (SSSR count). The van der Waals surface area contributed by atoms with Crippen molar-refractivity contribution in [1.82, 2.24) is 9.38 Å². The number of allylic oxidation sites excluding steroid dienone is 1. The molecule has 3 aromatic carbocycles. The Morgan fingerprint density at radius 3 is 2.28 bits per heavy atom. The molecule has 0 N–H and O–H groups in total. The van der Waals surface area contributed by atoms with Crippen LogP contribution in [0.1, 0.15) is 20.9 Å². The monoisotopic (exact) mass is 454 g/mol. The zero-order valence-electron chi connectivity index (χ0n) is 17.3. The second-order valence-corrected chi connectivity index (χ2v) is 9.14. The van der Waals surface area contributed by atoms with Gasteiger partial charge >= 0.3 is 0 Å². The van der Waals surface area contributed by atoms with Crippen LogP contribution in [-0.2, 0) is 0 Å². The summed E-state index contributed by atoms with van der Waals surface area (Å²) in [6.07, 6.45) is 5.52. The molecule has 0 unspecified atom stereocenters. The third-order valence-electron chi connectivity index (χ3n) is 5.27. The standard InChI is InChI=1S/C27H19ClN2OS/c1-18-17-30-24(26(29-27(30)32-18)22-11-13-23(28)14-12-22)15-16-25(31)21-9-7-20(8-10-21)19-5-3-2-4-6-19/h2-17H,1H3/b16-15+. The highest BCUT2D eigenvalue weighted by Crippen LogP contribution is 2.30. The van der Waals surface area contributed by atoms with E-state index in [2.05, 4.69) is 12.1 Å². The molecule has 0 fully saturated rings. The SMILES string of the molecule is Cc1cn2c(/C=C/C(=O)c3ccc(-c4ccccc4)cc3)c(-c3ccc(Cl)cc3)nc2s1. The molecule has 0 spiro atoms. The van der Waals surface area contributed by atoms with Crippen LogP contribution in [0.3, 0.4) is 0 Å². The number of imidazole rings is 1. The van der Waals surface area contributed by atoms with Crippen LogP contribution in [0, 0.1) is 6.92 Å². The maximum atomic E-state index is 12.9. The molecule has 32 heavy (non-hydrogen) atoms. The largest absolute Gasteiger partial charge is 0.290 e. The number of carbonyl (C=O) groups is 1. The van der Waals surface area contributed by atoms with Gasteiger partial charge in [0.1, 0.15) is 0 Å². The van der Waals surface area contributed by atoms with Gasteiger partial charge in [0.25, 0.3) is 0 Å². The quantitative estimate of drug-likeness (QED) is 0.202. The topological polar surface area (TPSA) is 34.4 Å². The van der Waals surface area contributed by atoms with Crippen LogP contribution >= 0.6 is 22.9 Å². The van der Waals surface area contributed by atoms with Gasteiger partial charge < -0.3 is 0 Å². The van der Waals surface area contributed by atoms with Crippen molar-refractivity contribution in [2.75, 3.05) is 0 Å². The van der Waals surface area contributed by atoms with Gasteiger partial charge in [-0.05, 0) is 42.3 Å². The van der Waals surface area contributed by atoms with Crippen LogP contribution < -0.4 is 0 Å². The van der Waals surface area contributed by atoms with E-state index in [9.17, 15) is 4.79 Å². The molecule has 156 valence electrons. The zero-order valence-corrected chi connectivity index (χ0v) is 18.9. The van der Waals surface area contributed by atoms with E-state index in [-0.39, 0.29) is 5.78 Å². The molecule has 0 aliphatic carbocycles. The number of aryl methyl sites for hydroxylation is 1. The molecular formula is C27H19ClN2OS. The van der Waals surface area contributed by atoms with Gasteiger partial charge in [-0.2, -0.15) is 0 Å². The number of nitrogens with zero attached hydrogens (tertiary/aromatic N) is 2. The molecule has 0 aliphatic rings. The van der Waals surface area contributed by atoms with Crippen molar-refractivity contribution in [2.24, 2.45) is 0 Å². The van der Waals surface area contributed by atoms with Crippen molar-refractivity contribution >= 4 is 39.8 Å². The predicted octanol–water partition coefficient (Wildman–Crippen LogP) is 7.59. The molecular weight excluding hydrogens is 436 g/mol. The van der Waals surface area contributed by atoms with Crippen LogP contribution in [0.5, 0.6) is 0 Å². The summed E-state index contributed by atoms with van der Waals surface area (Å²) in [5.74, 6) is -0.0476. The number of fused-ring (bicyclic) bond motifs is 1. The van der Waals surface area contributed by atoms with E-state index in [1.54, 1.807) is 17.4 Å². The Labute approximate surface area is 195 Å². The maximum absolute atomic E-state index is 12.9. The smallest absolute Gasteiger partial charge is 0.194 e. The van der Waals surface area contributed by atoms with E-state index in [1.807, 2.05) is 90.3 Å². The normalized spacial score (nSPS) is 11.4. The van der Waals surface area contributed by atoms with Crippen molar-refractivity contribution < 1.29 is 4.79 Å². The molecule has 3 nitrogen and oxygen atoms in total. The molecule has 5 aromatic rings. The van der Waals surface area contributed by atoms with E-state index >= 15 is 0 Å². The van der Waals surface area contributed by atoms with E-state index in [1.165, 1.54) is 0 Å². The van der Waals surface area contributed by atoms with Crippen LogP contribution in [0.25, 0.3) is 33.4 Å². The van der Waals surface area contributed by atoms with Crippen LogP contribution in [-0.4, -0.2) is 15.2 Å². The van der Waals surface area contributed by atoms with Gasteiger partial charge in [-0.25, -0.2) is 4.98 Å². The molecule has 2 heterocycles. The highest BCUT2D eigenvalue weighted by atomic mass is 35.5. The molecule has 0 aliphatic heterocycles. The molecule has 0 saturated carbocycles. The first-order chi connectivity index (χ1) is 15.6. The molecule has 5 heteroatoms. The maximum Gasteiger partial charge on any atom is 0.194 e. The van der Waals surface area contributed by atoms with Gasteiger partial charge in [-0.3, -0.25) is 9.20 Å². The molecule has 0 radical (unpaired) electrons. The second-order valence-electron chi connectivity index (χ2n) is 7.49. The lowest BCUT2D eigenvalue weighted by Crippen LogP contribution is -1.95. The fourth-order valence-electron chi connectivity index (χ4n) is 3.66.